The molecule has 2 aromatic heterocycles. The maximum Gasteiger partial charge on any atom is 0.255 e. The van der Waals surface area contributed by atoms with Gasteiger partial charge >= 0.3 is 0 Å². The van der Waals surface area contributed by atoms with Gasteiger partial charge in [-0.25, -0.2) is 4.98 Å². The monoisotopic (exact) mass is 555 g/mol. The van der Waals surface area contributed by atoms with E-state index in [1.54, 1.807) is 48.0 Å². The number of anilines is 2. The van der Waals surface area contributed by atoms with Gasteiger partial charge in [0.2, 0.25) is 0 Å². The number of phenolic OH excluding ortho intramolecular Hbond substituents is 1. The number of amides is 1. The molecule has 0 aliphatic carbocycles. The number of rotatable bonds is 8. The molecule has 0 saturated carbocycles. The van der Waals surface area contributed by atoms with Crippen LogP contribution in [0, 0.1) is 0 Å². The van der Waals surface area contributed by atoms with Crippen LogP contribution >= 0.6 is 8.58 Å². The minimum absolute atomic E-state index is 0.171. The molecule has 0 aliphatic rings. The van der Waals surface area contributed by atoms with Gasteiger partial charge in [-0.2, -0.15) is 9.61 Å². The Morgan fingerprint density at radius 2 is 1.80 bits per heavy atom. The summed E-state index contributed by atoms with van der Waals surface area (Å²) < 4.78 is 7.00. The molecule has 8 nitrogen and oxygen atoms in total. The summed E-state index contributed by atoms with van der Waals surface area (Å²) in [6.07, 6.45) is 3.08. The number of aromatic nitrogens is 3. The van der Waals surface area contributed by atoms with Crippen LogP contribution < -0.4 is 20.7 Å². The number of carbonyl (C=O) groups is 1. The predicted octanol–water partition coefficient (Wildman–Crippen LogP) is 6.32. The van der Waals surface area contributed by atoms with Gasteiger partial charge in [-0.3, -0.25) is 4.79 Å². The first-order valence-corrected chi connectivity index (χ1v) is 14.6. The Morgan fingerprint density at radius 1 is 1.02 bits per heavy atom. The molecule has 1 amide bonds. The summed E-state index contributed by atoms with van der Waals surface area (Å²) in [6, 6.07) is 23.7. The molecule has 2 heterocycles. The highest BCUT2D eigenvalue weighted by atomic mass is 31.1. The third-order valence-corrected chi connectivity index (χ3v) is 6.80. The highest BCUT2D eigenvalue weighted by Crippen LogP contribution is 2.30. The van der Waals surface area contributed by atoms with E-state index in [9.17, 15) is 9.90 Å². The number of aromatic hydroxyl groups is 1. The minimum Gasteiger partial charge on any atom is -0.507 e. The highest BCUT2D eigenvalue weighted by Gasteiger charge is 2.14. The molecule has 3 aromatic carbocycles. The molecule has 1 atom stereocenters. The molecule has 0 bridgehead atoms. The fraction of sp³-hybridized carbons (Fsp3) is 0.194. The van der Waals surface area contributed by atoms with Crippen LogP contribution in [0.3, 0.4) is 0 Å². The Balaban J connectivity index is 0.00000118. The van der Waals surface area contributed by atoms with E-state index >= 15 is 0 Å². The van der Waals surface area contributed by atoms with Gasteiger partial charge in [-0.15, -0.1) is 0 Å². The first kappa shape index (κ1) is 28.6. The normalized spacial score (nSPS) is 10.8. The molecular formula is C31H34N5O3P. The lowest BCUT2D eigenvalue weighted by molar-refractivity contribution is 0.102. The van der Waals surface area contributed by atoms with Crippen LogP contribution in [0.25, 0.3) is 16.9 Å². The van der Waals surface area contributed by atoms with E-state index in [2.05, 4.69) is 36.2 Å². The van der Waals surface area contributed by atoms with Crippen LogP contribution in [0.5, 0.6) is 11.5 Å². The van der Waals surface area contributed by atoms with Gasteiger partial charge in [-0.05, 0) is 54.7 Å². The van der Waals surface area contributed by atoms with Crippen molar-refractivity contribution in [3.8, 4) is 22.8 Å². The standard InChI is InChI=1S/C28H26N5O3P.C3H8/c1-36-21-10-6-8-19(14-21)28(35)31-20-9-5-7-18(13-20)16-29-26-15-23(22-11-3-4-12-24(22)34)32-27-25(37-2)17-30-33(26)27;1-3-2/h3-15,17,29,34,37H,16H2,1-2H3,(H,31,35);3H2,1-2H3. The summed E-state index contributed by atoms with van der Waals surface area (Å²) in [6.45, 7) is 6.83. The summed E-state index contributed by atoms with van der Waals surface area (Å²) in [5.74, 6) is 1.34. The zero-order valence-corrected chi connectivity index (χ0v) is 24.1. The van der Waals surface area contributed by atoms with Gasteiger partial charge in [0.1, 0.15) is 17.3 Å². The smallest absolute Gasteiger partial charge is 0.255 e. The number of hydrogen-bond donors (Lipinski definition) is 3. The van der Waals surface area contributed by atoms with E-state index in [0.29, 0.717) is 43.4 Å². The van der Waals surface area contributed by atoms with E-state index in [0.717, 1.165) is 22.3 Å². The van der Waals surface area contributed by atoms with Gasteiger partial charge in [0.25, 0.3) is 5.91 Å². The van der Waals surface area contributed by atoms with E-state index < -0.39 is 0 Å². The Hall–Kier alpha value is -4.42. The molecule has 9 heteroatoms. The third kappa shape index (κ3) is 6.77. The van der Waals surface area contributed by atoms with Gasteiger partial charge in [0.15, 0.2) is 5.65 Å². The van der Waals surface area contributed by atoms with E-state index in [1.165, 1.54) is 6.42 Å². The molecule has 0 radical (unpaired) electrons. The molecule has 0 saturated heterocycles. The quantitative estimate of drug-likeness (QED) is 0.194. The highest BCUT2D eigenvalue weighted by molar-refractivity contribution is 7.46. The summed E-state index contributed by atoms with van der Waals surface area (Å²) in [5, 5.41) is 22.4. The number of hydrogen-bond acceptors (Lipinski definition) is 6. The minimum atomic E-state index is -0.211. The van der Waals surface area contributed by atoms with Crippen molar-refractivity contribution in [1.82, 2.24) is 14.6 Å². The van der Waals surface area contributed by atoms with Gasteiger partial charge in [0.05, 0.1) is 19.0 Å². The van der Waals surface area contributed by atoms with Crippen molar-refractivity contribution >= 4 is 36.9 Å². The molecular weight excluding hydrogens is 521 g/mol. The average Bonchev–Trinajstić information content (AvgIpc) is 3.40. The molecule has 5 aromatic rings. The first-order chi connectivity index (χ1) is 19.5. The molecule has 1 unspecified atom stereocenters. The fourth-order valence-electron chi connectivity index (χ4n) is 4.01. The van der Waals surface area contributed by atoms with Crippen molar-refractivity contribution in [3.05, 3.63) is 96.2 Å². The van der Waals surface area contributed by atoms with Crippen molar-refractivity contribution in [1.29, 1.82) is 0 Å². The van der Waals surface area contributed by atoms with Crippen LogP contribution in [-0.4, -0.2) is 39.4 Å². The van der Waals surface area contributed by atoms with E-state index in [-0.39, 0.29) is 11.7 Å². The molecule has 5 rings (SSSR count). The van der Waals surface area contributed by atoms with Crippen molar-refractivity contribution < 1.29 is 14.6 Å². The number of ether oxygens (including phenoxy) is 1. The van der Waals surface area contributed by atoms with Crippen molar-refractivity contribution in [3.63, 3.8) is 0 Å². The Kier molecular flexibility index (Phi) is 9.71. The maximum atomic E-state index is 12.7. The third-order valence-electron chi connectivity index (χ3n) is 5.91. The zero-order valence-electron chi connectivity index (χ0n) is 23.1. The number of nitrogens with one attached hydrogen (secondary N) is 2. The lowest BCUT2D eigenvalue weighted by atomic mass is 10.1. The van der Waals surface area contributed by atoms with Crippen molar-refractivity contribution in [2.24, 2.45) is 0 Å². The van der Waals surface area contributed by atoms with E-state index in [4.69, 9.17) is 9.72 Å². The number of benzene rings is 3. The topological polar surface area (TPSA) is 101 Å². The Morgan fingerprint density at radius 3 is 2.55 bits per heavy atom. The van der Waals surface area contributed by atoms with Crippen LogP contribution in [0.1, 0.15) is 36.2 Å². The Labute approximate surface area is 236 Å². The van der Waals surface area contributed by atoms with Crippen LogP contribution in [0.2, 0.25) is 0 Å². The summed E-state index contributed by atoms with van der Waals surface area (Å²) in [4.78, 5) is 17.5. The number of phenols is 1. The Bertz CT molecular complexity index is 1600. The molecule has 0 fully saturated rings. The second-order valence-electron chi connectivity index (χ2n) is 9.03. The number of fused-ring (bicyclic) bond motifs is 1. The molecule has 3 N–H and O–H groups in total. The lowest BCUT2D eigenvalue weighted by Crippen LogP contribution is -2.12. The van der Waals surface area contributed by atoms with Gasteiger partial charge < -0.3 is 20.5 Å². The molecule has 40 heavy (non-hydrogen) atoms. The molecule has 0 aliphatic heterocycles. The first-order valence-electron chi connectivity index (χ1n) is 13.1. The maximum absolute atomic E-state index is 12.7. The number of carbonyl (C=O) groups excluding carboxylic acids is 1. The van der Waals surface area contributed by atoms with E-state index in [1.807, 2.05) is 48.7 Å². The zero-order chi connectivity index (χ0) is 28.5. The summed E-state index contributed by atoms with van der Waals surface area (Å²) in [5.41, 5.74) is 4.25. The van der Waals surface area contributed by atoms with Gasteiger partial charge in [-0.1, -0.05) is 59.2 Å². The molecule has 0 spiro atoms. The van der Waals surface area contributed by atoms with Crippen LogP contribution in [0.15, 0.2) is 85.1 Å². The van der Waals surface area contributed by atoms with Gasteiger partial charge in [0, 0.05) is 34.7 Å². The predicted molar refractivity (Wildman–Crippen MR) is 165 cm³/mol. The molecule has 206 valence electrons. The van der Waals surface area contributed by atoms with Crippen LogP contribution in [-0.2, 0) is 6.54 Å². The number of methoxy groups -OCH3 is 1. The SMILES string of the molecule is CCC.COc1cccc(C(=O)Nc2cccc(CNc3cc(-c4ccccc4O)nc4c(PC)cnn34)c2)c1. The summed E-state index contributed by atoms with van der Waals surface area (Å²) in [7, 11) is 2.10. The second-order valence-corrected chi connectivity index (χ2v) is 10.1. The average molecular weight is 556 g/mol. The number of para-hydroxylation sites is 1. The van der Waals surface area contributed by atoms with Crippen molar-refractivity contribution in [2.75, 3.05) is 24.4 Å². The van der Waals surface area contributed by atoms with Crippen LogP contribution in [0.4, 0.5) is 11.5 Å². The largest absolute Gasteiger partial charge is 0.507 e. The fourth-order valence-corrected chi connectivity index (χ4v) is 4.58. The lowest BCUT2D eigenvalue weighted by Gasteiger charge is -2.13. The summed E-state index contributed by atoms with van der Waals surface area (Å²) >= 11 is 0. The van der Waals surface area contributed by atoms with Crippen molar-refractivity contribution in [2.45, 2.75) is 26.8 Å². The second kappa shape index (κ2) is 13.6. The number of nitrogens with zero attached hydrogens (tertiary/aromatic N) is 3.